The van der Waals surface area contributed by atoms with Crippen molar-refractivity contribution in [2.24, 2.45) is 0 Å². The number of anilines is 1. The maximum Gasteiger partial charge on any atom is 0.212 e. The number of aromatic nitrogens is 1. The molecule has 4 rings (SSSR count). The maximum atomic E-state index is 2.38. The summed E-state index contributed by atoms with van der Waals surface area (Å²) in [5, 5.41) is 1.28. The van der Waals surface area contributed by atoms with E-state index in [1.54, 1.807) is 0 Å². The second kappa shape index (κ2) is 7.76. The van der Waals surface area contributed by atoms with E-state index >= 15 is 0 Å². The third-order valence-corrected chi connectivity index (χ3v) is 4.87. The van der Waals surface area contributed by atoms with E-state index in [9.17, 15) is 0 Å². The van der Waals surface area contributed by atoms with E-state index in [4.69, 9.17) is 0 Å². The molecule has 0 saturated carbocycles. The Kier molecular flexibility index (Phi) is 5.43. The number of aryl methyl sites for hydroxylation is 1. The second-order valence-corrected chi connectivity index (χ2v) is 6.27. The molecule has 1 aliphatic rings. The van der Waals surface area contributed by atoms with Gasteiger partial charge in [0.2, 0.25) is 11.2 Å². The van der Waals surface area contributed by atoms with Gasteiger partial charge >= 0.3 is 0 Å². The van der Waals surface area contributed by atoms with Crippen LogP contribution in [0.4, 0.5) is 5.69 Å². The summed E-state index contributed by atoms with van der Waals surface area (Å²) in [6.07, 6.45) is 6.73. The van der Waals surface area contributed by atoms with Crippen LogP contribution in [0, 0.1) is 0 Å². The summed E-state index contributed by atoms with van der Waals surface area (Å²) in [5.74, 6) is 0. The van der Waals surface area contributed by atoms with Gasteiger partial charge in [-0.1, -0.05) is 36.4 Å². The number of allylic oxidation sites excluding steroid dienone is 1. The maximum absolute atomic E-state index is 2.38. The van der Waals surface area contributed by atoms with Crippen molar-refractivity contribution in [1.29, 1.82) is 0 Å². The predicted molar refractivity (Wildman–Crippen MR) is 114 cm³/mol. The van der Waals surface area contributed by atoms with Gasteiger partial charge in [-0.05, 0) is 43.7 Å². The van der Waals surface area contributed by atoms with Crippen molar-refractivity contribution in [2.45, 2.75) is 20.4 Å². The molecule has 3 heteroatoms. The molecule has 2 nitrogen and oxygen atoms in total. The fraction of sp³-hybridized carbons (Fsp3) is 0.174. The van der Waals surface area contributed by atoms with E-state index in [1.165, 1.54) is 33.5 Å². The molecule has 0 spiro atoms. The minimum atomic E-state index is 0. The zero-order valence-corrected chi connectivity index (χ0v) is 16.0. The number of benzene rings is 2. The first kappa shape index (κ1) is 18.2. The van der Waals surface area contributed by atoms with E-state index in [1.807, 2.05) is 0 Å². The zero-order valence-electron chi connectivity index (χ0n) is 15.2. The molecule has 0 amide bonds. The molecule has 0 fully saturated rings. The highest BCUT2D eigenvalue weighted by molar-refractivity contribution is 5.85. The van der Waals surface area contributed by atoms with Gasteiger partial charge in [-0.2, -0.15) is 4.57 Å². The largest absolute Gasteiger partial charge is 0.341 e. The van der Waals surface area contributed by atoms with Crippen molar-refractivity contribution >= 4 is 41.1 Å². The van der Waals surface area contributed by atoms with Crippen molar-refractivity contribution in [3.8, 4) is 0 Å². The number of hydrogen-bond donors (Lipinski definition) is 0. The molecule has 0 N–H and O–H groups in total. The Bertz CT molecular complexity index is 988. The highest BCUT2D eigenvalue weighted by atomic mass is 35.5. The highest BCUT2D eigenvalue weighted by Gasteiger charge is 2.18. The van der Waals surface area contributed by atoms with E-state index < -0.39 is 0 Å². The lowest BCUT2D eigenvalue weighted by Crippen LogP contribution is -2.37. The van der Waals surface area contributed by atoms with Crippen molar-refractivity contribution in [3.63, 3.8) is 0 Å². The van der Waals surface area contributed by atoms with Gasteiger partial charge in [0, 0.05) is 41.5 Å². The van der Waals surface area contributed by atoms with Gasteiger partial charge in [-0.25, -0.2) is 0 Å². The summed E-state index contributed by atoms with van der Waals surface area (Å²) < 4.78 is 2.38. The normalized spacial score (nSPS) is 14.4. The molecule has 0 unspecified atom stereocenters. The number of fused-ring (bicyclic) bond motifs is 2. The van der Waals surface area contributed by atoms with Gasteiger partial charge in [-0.3, -0.25) is 0 Å². The summed E-state index contributed by atoms with van der Waals surface area (Å²) >= 11 is 0. The molecule has 132 valence electrons. The Morgan fingerprint density at radius 2 is 1.65 bits per heavy atom. The Hall–Kier alpha value is -2.58. The van der Waals surface area contributed by atoms with Crippen LogP contribution < -0.4 is 9.47 Å². The van der Waals surface area contributed by atoms with Crippen LogP contribution in [0.5, 0.6) is 0 Å². The van der Waals surface area contributed by atoms with Crippen LogP contribution in [0.3, 0.4) is 0 Å². The van der Waals surface area contributed by atoms with E-state index in [2.05, 4.69) is 102 Å². The minimum Gasteiger partial charge on any atom is -0.341 e. The first-order valence-corrected chi connectivity index (χ1v) is 8.99. The number of pyridine rings is 1. The Labute approximate surface area is 161 Å². The third-order valence-electron chi connectivity index (χ3n) is 4.87. The van der Waals surface area contributed by atoms with Crippen LogP contribution in [0.25, 0.3) is 23.1 Å². The number of likely N-dealkylation sites (N-methyl/N-ethyl adjacent to an activating group) is 1. The molecule has 3 aromatic rings. The molecule has 1 aliphatic heterocycles. The summed E-state index contributed by atoms with van der Waals surface area (Å²) in [5.41, 5.74) is 6.31. The minimum absolute atomic E-state index is 0. The highest BCUT2D eigenvalue weighted by Crippen LogP contribution is 2.31. The Balaban J connectivity index is 0.00000196. The lowest BCUT2D eigenvalue weighted by atomic mass is 10.0. The fourth-order valence-corrected chi connectivity index (χ4v) is 3.67. The van der Waals surface area contributed by atoms with Crippen LogP contribution in [-0.4, -0.2) is 6.54 Å². The quantitative estimate of drug-likeness (QED) is 0.560. The second-order valence-electron chi connectivity index (χ2n) is 6.27. The van der Waals surface area contributed by atoms with E-state index in [0.29, 0.717) is 0 Å². The Morgan fingerprint density at radius 3 is 2.46 bits per heavy atom. The number of rotatable bonds is 3. The van der Waals surface area contributed by atoms with E-state index in [-0.39, 0.29) is 12.4 Å². The summed E-state index contributed by atoms with van der Waals surface area (Å²) in [7, 11) is 0. The number of nitrogens with zero attached hydrogens (tertiary/aromatic N) is 2. The Morgan fingerprint density at radius 1 is 0.885 bits per heavy atom. The average molecular weight is 364 g/mol. The average Bonchev–Trinajstić information content (AvgIpc) is 2.67. The summed E-state index contributed by atoms with van der Waals surface area (Å²) in [6.45, 7) is 6.32. The number of halogens is 1. The molecule has 0 saturated heterocycles. The third kappa shape index (κ3) is 3.13. The standard InChI is InChI=1S/C23H23N2.ClH/c1-3-24-20(15-13-18-9-5-7-11-22(18)24)17-21-16-14-19-10-6-8-12-23(19)25(21)4-2;/h5-17H,3-4H2,1-2H3;1H/q+1;. The molecule has 2 heterocycles. The lowest BCUT2D eigenvalue weighted by Gasteiger charge is -2.29. The monoisotopic (exact) mass is 363 g/mol. The summed E-state index contributed by atoms with van der Waals surface area (Å²) in [6, 6.07) is 21.6. The van der Waals surface area contributed by atoms with Gasteiger partial charge in [0.1, 0.15) is 6.54 Å². The molecule has 0 bridgehead atoms. The number of hydrogen-bond acceptors (Lipinski definition) is 1. The van der Waals surface area contributed by atoms with Crippen LogP contribution in [0.15, 0.2) is 72.4 Å². The van der Waals surface area contributed by atoms with Crippen LogP contribution >= 0.6 is 12.4 Å². The van der Waals surface area contributed by atoms with Crippen LogP contribution in [0.2, 0.25) is 0 Å². The van der Waals surface area contributed by atoms with Gasteiger partial charge in [-0.15, -0.1) is 12.4 Å². The predicted octanol–water partition coefficient (Wildman–Crippen LogP) is 5.46. The van der Waals surface area contributed by atoms with Crippen molar-refractivity contribution in [2.75, 3.05) is 11.4 Å². The van der Waals surface area contributed by atoms with Gasteiger partial charge < -0.3 is 4.90 Å². The zero-order chi connectivity index (χ0) is 17.2. The van der Waals surface area contributed by atoms with E-state index in [0.717, 1.165) is 13.1 Å². The van der Waals surface area contributed by atoms with Crippen LogP contribution in [0.1, 0.15) is 25.1 Å². The lowest BCUT2D eigenvalue weighted by molar-refractivity contribution is -0.669. The van der Waals surface area contributed by atoms with Crippen molar-refractivity contribution < 1.29 is 4.57 Å². The molecule has 1 aromatic heterocycles. The molecule has 0 atom stereocenters. The first-order chi connectivity index (χ1) is 12.3. The molecule has 2 aromatic carbocycles. The molecule has 26 heavy (non-hydrogen) atoms. The number of para-hydroxylation sites is 2. The first-order valence-electron chi connectivity index (χ1n) is 8.99. The molecular weight excluding hydrogens is 340 g/mol. The van der Waals surface area contributed by atoms with Gasteiger partial charge in [0.25, 0.3) is 0 Å². The van der Waals surface area contributed by atoms with Gasteiger partial charge in [0.05, 0.1) is 0 Å². The fourth-order valence-electron chi connectivity index (χ4n) is 3.67. The SMILES string of the molecule is CCN1/C(=C/c2ccc3ccccc3[n+]2CC)C=Cc2ccccc21.Cl. The molecular formula is C23H24ClN2+. The topological polar surface area (TPSA) is 7.12 Å². The smallest absolute Gasteiger partial charge is 0.212 e. The summed E-state index contributed by atoms with van der Waals surface area (Å²) in [4.78, 5) is 2.38. The molecule has 0 aliphatic carbocycles. The van der Waals surface area contributed by atoms with Crippen molar-refractivity contribution in [1.82, 2.24) is 0 Å². The van der Waals surface area contributed by atoms with Gasteiger partial charge in [0.15, 0.2) is 0 Å². The molecule has 0 radical (unpaired) electrons. The van der Waals surface area contributed by atoms with Crippen molar-refractivity contribution in [3.05, 3.63) is 83.7 Å². The van der Waals surface area contributed by atoms with Crippen LogP contribution in [-0.2, 0) is 6.54 Å².